The van der Waals surface area contributed by atoms with Crippen molar-refractivity contribution in [3.8, 4) is 0 Å². The van der Waals surface area contributed by atoms with E-state index in [1.54, 1.807) is 6.07 Å². The maximum Gasteiger partial charge on any atom is 0.129 e. The second-order valence-corrected chi connectivity index (χ2v) is 4.69. The maximum absolute atomic E-state index is 13.4. The van der Waals surface area contributed by atoms with Crippen molar-refractivity contribution in [1.29, 1.82) is 0 Å². The molecular formula is C13H17F2N. The summed E-state index contributed by atoms with van der Waals surface area (Å²) in [5.41, 5.74) is 0.649. The first-order valence-corrected chi connectivity index (χ1v) is 5.77. The normalized spacial score (nSPS) is 18.9. The van der Waals surface area contributed by atoms with Crippen LogP contribution in [0.15, 0.2) is 18.2 Å². The Bertz CT molecular complexity index is 357. The molecule has 3 heteroatoms. The maximum atomic E-state index is 13.4. The minimum atomic E-state index is -0.496. The molecule has 0 atom stereocenters. The number of rotatable bonds is 2. The van der Waals surface area contributed by atoms with E-state index < -0.39 is 11.6 Å². The predicted molar refractivity (Wildman–Crippen MR) is 60.3 cm³/mol. The molecule has 0 radical (unpaired) electrons. The van der Waals surface area contributed by atoms with Crippen LogP contribution in [0.5, 0.6) is 0 Å². The van der Waals surface area contributed by atoms with Gasteiger partial charge < -0.3 is 4.90 Å². The Balaban J connectivity index is 1.98. The van der Waals surface area contributed by atoms with Crippen molar-refractivity contribution in [1.82, 2.24) is 4.90 Å². The van der Waals surface area contributed by atoms with E-state index in [4.69, 9.17) is 0 Å². The molecule has 1 saturated heterocycles. The molecular weight excluding hydrogens is 208 g/mol. The lowest BCUT2D eigenvalue weighted by atomic mass is 9.90. The fourth-order valence-corrected chi connectivity index (χ4v) is 2.26. The Kier molecular flexibility index (Phi) is 3.54. The van der Waals surface area contributed by atoms with Gasteiger partial charge in [0, 0.05) is 6.07 Å². The summed E-state index contributed by atoms with van der Waals surface area (Å²) in [7, 11) is 2.11. The zero-order chi connectivity index (χ0) is 11.5. The van der Waals surface area contributed by atoms with Crippen LogP contribution in [0.2, 0.25) is 0 Å². The van der Waals surface area contributed by atoms with Crippen molar-refractivity contribution in [2.75, 3.05) is 20.1 Å². The molecule has 0 N–H and O–H groups in total. The third-order valence-electron chi connectivity index (χ3n) is 3.36. The molecule has 2 rings (SSSR count). The van der Waals surface area contributed by atoms with Gasteiger partial charge in [0.25, 0.3) is 0 Å². The van der Waals surface area contributed by atoms with E-state index in [-0.39, 0.29) is 0 Å². The number of piperidine rings is 1. The highest BCUT2D eigenvalue weighted by molar-refractivity contribution is 5.19. The zero-order valence-corrected chi connectivity index (χ0v) is 9.55. The molecule has 1 fully saturated rings. The Morgan fingerprint density at radius 3 is 2.56 bits per heavy atom. The second-order valence-electron chi connectivity index (χ2n) is 4.69. The van der Waals surface area contributed by atoms with Gasteiger partial charge in [-0.1, -0.05) is 6.07 Å². The molecule has 1 aliphatic rings. The Morgan fingerprint density at radius 1 is 1.25 bits per heavy atom. The fourth-order valence-electron chi connectivity index (χ4n) is 2.26. The van der Waals surface area contributed by atoms with Crippen molar-refractivity contribution < 1.29 is 8.78 Å². The first-order chi connectivity index (χ1) is 7.65. The van der Waals surface area contributed by atoms with E-state index in [1.807, 2.05) is 0 Å². The molecule has 0 aromatic heterocycles. The molecule has 1 heterocycles. The Hall–Kier alpha value is -0.960. The van der Waals surface area contributed by atoms with Gasteiger partial charge in [-0.2, -0.15) is 0 Å². The average molecular weight is 225 g/mol. The molecule has 1 nitrogen and oxygen atoms in total. The lowest BCUT2D eigenvalue weighted by molar-refractivity contribution is 0.218. The van der Waals surface area contributed by atoms with Crippen LogP contribution in [0, 0.1) is 17.6 Å². The van der Waals surface area contributed by atoms with E-state index in [2.05, 4.69) is 11.9 Å². The van der Waals surface area contributed by atoms with Crippen LogP contribution in [0.25, 0.3) is 0 Å². The van der Waals surface area contributed by atoms with Gasteiger partial charge in [-0.25, -0.2) is 8.78 Å². The van der Waals surface area contributed by atoms with Gasteiger partial charge in [0.05, 0.1) is 0 Å². The molecule has 0 spiro atoms. The number of likely N-dealkylation sites (tertiary alicyclic amines) is 1. The van der Waals surface area contributed by atoms with E-state index in [1.165, 1.54) is 6.07 Å². The van der Waals surface area contributed by atoms with Crippen LogP contribution in [0.3, 0.4) is 0 Å². The summed E-state index contributed by atoms with van der Waals surface area (Å²) in [5, 5.41) is 0. The van der Waals surface area contributed by atoms with Crippen LogP contribution in [0.4, 0.5) is 8.78 Å². The monoisotopic (exact) mass is 225 g/mol. The van der Waals surface area contributed by atoms with Crippen LogP contribution in [-0.2, 0) is 6.42 Å². The van der Waals surface area contributed by atoms with Crippen LogP contribution >= 0.6 is 0 Å². The fraction of sp³-hybridized carbons (Fsp3) is 0.538. The quantitative estimate of drug-likeness (QED) is 0.748. The first kappa shape index (κ1) is 11.5. The van der Waals surface area contributed by atoms with Gasteiger partial charge in [-0.15, -0.1) is 0 Å². The summed E-state index contributed by atoms with van der Waals surface area (Å²) >= 11 is 0. The zero-order valence-electron chi connectivity index (χ0n) is 9.55. The smallest absolute Gasteiger partial charge is 0.129 e. The summed E-state index contributed by atoms with van der Waals surface area (Å²) in [6.45, 7) is 2.15. The van der Waals surface area contributed by atoms with Crippen molar-refractivity contribution in [3.05, 3.63) is 35.4 Å². The summed E-state index contributed by atoms with van der Waals surface area (Å²) < 4.78 is 26.2. The van der Waals surface area contributed by atoms with E-state index >= 15 is 0 Å². The Morgan fingerprint density at radius 2 is 1.94 bits per heavy atom. The van der Waals surface area contributed by atoms with E-state index in [0.29, 0.717) is 11.5 Å². The molecule has 16 heavy (non-hydrogen) atoms. The molecule has 1 aromatic rings. The molecule has 1 aliphatic heterocycles. The number of hydrogen-bond acceptors (Lipinski definition) is 1. The minimum absolute atomic E-state index is 0.404. The largest absolute Gasteiger partial charge is 0.306 e. The number of nitrogens with zero attached hydrogens (tertiary/aromatic N) is 1. The standard InChI is InChI=1S/C13H17F2N/c1-16-6-4-10(5-7-16)8-11-2-3-12(14)9-13(11)15/h2-3,9-10H,4-8H2,1H3. The third kappa shape index (κ3) is 2.79. The molecule has 0 aliphatic carbocycles. The highest BCUT2D eigenvalue weighted by atomic mass is 19.1. The molecule has 1 aromatic carbocycles. The number of halogens is 2. The molecule has 0 amide bonds. The molecule has 0 bridgehead atoms. The highest BCUT2D eigenvalue weighted by Gasteiger charge is 2.18. The van der Waals surface area contributed by atoms with Gasteiger partial charge in [-0.05, 0) is 56.9 Å². The lowest BCUT2D eigenvalue weighted by Gasteiger charge is -2.29. The number of hydrogen-bond donors (Lipinski definition) is 0. The molecule has 88 valence electrons. The SMILES string of the molecule is CN1CCC(Cc2ccc(F)cc2F)CC1. The lowest BCUT2D eigenvalue weighted by Crippen LogP contribution is -2.31. The van der Waals surface area contributed by atoms with Crippen LogP contribution in [-0.4, -0.2) is 25.0 Å². The van der Waals surface area contributed by atoms with Gasteiger partial charge >= 0.3 is 0 Å². The second kappa shape index (κ2) is 4.91. The number of benzene rings is 1. The Labute approximate surface area is 95.1 Å². The van der Waals surface area contributed by atoms with Crippen molar-refractivity contribution in [3.63, 3.8) is 0 Å². The molecule has 0 unspecified atom stereocenters. The summed E-state index contributed by atoms with van der Waals surface area (Å²) in [5.74, 6) is -0.361. The summed E-state index contributed by atoms with van der Waals surface area (Å²) in [6.07, 6.45) is 2.95. The van der Waals surface area contributed by atoms with Crippen LogP contribution in [0.1, 0.15) is 18.4 Å². The van der Waals surface area contributed by atoms with E-state index in [0.717, 1.165) is 38.4 Å². The van der Waals surface area contributed by atoms with Crippen molar-refractivity contribution in [2.24, 2.45) is 5.92 Å². The van der Waals surface area contributed by atoms with Crippen molar-refractivity contribution in [2.45, 2.75) is 19.3 Å². The third-order valence-corrected chi connectivity index (χ3v) is 3.36. The molecule has 0 saturated carbocycles. The van der Waals surface area contributed by atoms with Gasteiger partial charge in [-0.3, -0.25) is 0 Å². The highest BCUT2D eigenvalue weighted by Crippen LogP contribution is 2.22. The summed E-state index contributed by atoms with van der Waals surface area (Å²) in [4.78, 5) is 2.29. The average Bonchev–Trinajstić information content (AvgIpc) is 2.25. The predicted octanol–water partition coefficient (Wildman–Crippen LogP) is 2.85. The first-order valence-electron chi connectivity index (χ1n) is 5.77. The van der Waals surface area contributed by atoms with Crippen molar-refractivity contribution >= 4 is 0 Å². The van der Waals surface area contributed by atoms with Gasteiger partial charge in [0.15, 0.2) is 0 Å². The van der Waals surface area contributed by atoms with Crippen LogP contribution < -0.4 is 0 Å². The topological polar surface area (TPSA) is 3.24 Å². The van der Waals surface area contributed by atoms with Gasteiger partial charge in [0.1, 0.15) is 11.6 Å². The van der Waals surface area contributed by atoms with Gasteiger partial charge in [0.2, 0.25) is 0 Å². The summed E-state index contributed by atoms with van der Waals surface area (Å²) in [6, 6.07) is 3.89. The van der Waals surface area contributed by atoms with E-state index in [9.17, 15) is 8.78 Å². The minimum Gasteiger partial charge on any atom is -0.306 e.